The van der Waals surface area contributed by atoms with Crippen molar-refractivity contribution in [1.29, 1.82) is 0 Å². The van der Waals surface area contributed by atoms with Gasteiger partial charge in [-0.25, -0.2) is 13.4 Å². The number of hydrogen-bond acceptors (Lipinski definition) is 5. The summed E-state index contributed by atoms with van der Waals surface area (Å²) in [7, 11) is -3.58. The Morgan fingerprint density at radius 3 is 2.39 bits per heavy atom. The lowest BCUT2D eigenvalue weighted by molar-refractivity contribution is -0.125. The van der Waals surface area contributed by atoms with Crippen LogP contribution in [0.2, 0.25) is 5.02 Å². The summed E-state index contributed by atoms with van der Waals surface area (Å²) in [5.41, 5.74) is 1.10. The molecule has 0 spiro atoms. The van der Waals surface area contributed by atoms with E-state index in [1.165, 1.54) is 12.1 Å². The average Bonchev–Trinajstić information content (AvgIpc) is 2.73. The van der Waals surface area contributed by atoms with Gasteiger partial charge in [-0.15, -0.1) is 0 Å². The van der Waals surface area contributed by atoms with E-state index in [9.17, 15) is 13.2 Å². The number of hydrogen-bond donors (Lipinski definition) is 0. The number of anilines is 1. The molecule has 0 aliphatic rings. The molecule has 0 aliphatic carbocycles. The van der Waals surface area contributed by atoms with E-state index in [2.05, 4.69) is 20.9 Å². The number of sulfone groups is 1. The van der Waals surface area contributed by atoms with Crippen molar-refractivity contribution in [2.75, 3.05) is 35.7 Å². The van der Waals surface area contributed by atoms with E-state index in [1.54, 1.807) is 23.2 Å². The second-order valence-corrected chi connectivity index (χ2v) is 12.2. The molecule has 0 saturated heterocycles. The van der Waals surface area contributed by atoms with Crippen LogP contribution in [0.4, 0.5) is 5.82 Å². The van der Waals surface area contributed by atoms with E-state index >= 15 is 0 Å². The van der Waals surface area contributed by atoms with Crippen LogP contribution in [0, 0.1) is 12.3 Å². The van der Waals surface area contributed by atoms with E-state index < -0.39 is 21.2 Å². The van der Waals surface area contributed by atoms with Crippen molar-refractivity contribution in [3.63, 3.8) is 0 Å². The number of carbonyl (C=O) groups is 1. The van der Waals surface area contributed by atoms with Crippen LogP contribution in [0.15, 0.2) is 41.4 Å². The number of rotatable bonds is 10. The van der Waals surface area contributed by atoms with Gasteiger partial charge < -0.3 is 4.74 Å². The minimum absolute atomic E-state index is 0.0211. The van der Waals surface area contributed by atoms with E-state index in [0.29, 0.717) is 29.3 Å². The number of nitrogens with zero attached hydrogens (tertiary/aromatic N) is 2. The van der Waals surface area contributed by atoms with Gasteiger partial charge in [0, 0.05) is 34.4 Å². The van der Waals surface area contributed by atoms with Crippen LogP contribution in [-0.2, 0) is 19.4 Å². The third-order valence-corrected chi connectivity index (χ3v) is 7.60. The maximum Gasteiger partial charge on any atom is 0.233 e. The number of aromatic nitrogens is 1. The fraction of sp³-hybridized carbons (Fsp3) is 0.500. The quantitative estimate of drug-likeness (QED) is 0.287. The first kappa shape index (κ1) is 27.8. The molecule has 1 amide bonds. The van der Waals surface area contributed by atoms with E-state index in [1.807, 2.05) is 40.7 Å². The lowest BCUT2D eigenvalue weighted by Gasteiger charge is -2.28. The molecule has 1 unspecified atom stereocenters. The molecule has 0 fully saturated rings. The molecule has 0 saturated carbocycles. The van der Waals surface area contributed by atoms with Gasteiger partial charge in [-0.1, -0.05) is 48.3 Å². The summed E-state index contributed by atoms with van der Waals surface area (Å²) in [5, 5.41) is 1.13. The Morgan fingerprint density at radius 2 is 1.88 bits per heavy atom. The summed E-state index contributed by atoms with van der Waals surface area (Å²) < 4.78 is 31.9. The number of alkyl halides is 1. The molecule has 0 bridgehead atoms. The van der Waals surface area contributed by atoms with Gasteiger partial charge in [0.2, 0.25) is 5.91 Å². The zero-order valence-electron chi connectivity index (χ0n) is 19.8. The molecule has 2 rings (SSSR count). The monoisotopic (exact) mass is 558 g/mol. The fourth-order valence-corrected chi connectivity index (χ4v) is 5.36. The van der Waals surface area contributed by atoms with Crippen molar-refractivity contribution < 1.29 is 17.9 Å². The number of ether oxygens (including phenoxy) is 1. The lowest BCUT2D eigenvalue weighted by Crippen LogP contribution is -2.40. The summed E-state index contributed by atoms with van der Waals surface area (Å²) in [5.74, 6) is -0.0109. The van der Waals surface area contributed by atoms with Gasteiger partial charge in [0.25, 0.3) is 0 Å². The largest absolute Gasteiger partial charge is 0.380 e. The third-order valence-electron chi connectivity index (χ3n) is 5.19. The molecule has 9 heteroatoms. The molecule has 0 radical (unpaired) electrons. The van der Waals surface area contributed by atoms with E-state index in [4.69, 9.17) is 16.3 Å². The smallest absolute Gasteiger partial charge is 0.233 e. The van der Waals surface area contributed by atoms with Crippen molar-refractivity contribution in [1.82, 2.24) is 4.98 Å². The number of benzene rings is 1. The zero-order chi connectivity index (χ0) is 24.8. The summed E-state index contributed by atoms with van der Waals surface area (Å²) in [6, 6.07) is 8.00. The number of pyridine rings is 1. The van der Waals surface area contributed by atoms with Gasteiger partial charge in [0.1, 0.15) is 5.82 Å². The lowest BCUT2D eigenvalue weighted by atomic mass is 9.94. The Morgan fingerprint density at radius 1 is 1.24 bits per heavy atom. The minimum atomic E-state index is -3.58. The molecule has 1 aromatic carbocycles. The first-order valence-corrected chi connectivity index (χ1v) is 14.0. The Labute approximate surface area is 210 Å². The summed E-state index contributed by atoms with van der Waals surface area (Å²) >= 11 is 9.25. The highest BCUT2D eigenvalue weighted by Crippen LogP contribution is 2.29. The number of halogens is 2. The van der Waals surface area contributed by atoms with Crippen molar-refractivity contribution in [2.45, 2.75) is 45.4 Å². The predicted molar refractivity (Wildman–Crippen MR) is 137 cm³/mol. The van der Waals surface area contributed by atoms with E-state index in [-0.39, 0.29) is 23.2 Å². The number of aryl methyl sites for hydroxylation is 1. The Balaban J connectivity index is 2.39. The van der Waals surface area contributed by atoms with Crippen LogP contribution in [-0.4, -0.2) is 50.2 Å². The minimum Gasteiger partial charge on any atom is -0.380 e. The number of amides is 1. The van der Waals surface area contributed by atoms with Crippen LogP contribution < -0.4 is 4.90 Å². The molecule has 33 heavy (non-hydrogen) atoms. The average molecular weight is 560 g/mol. The normalized spacial score (nSPS) is 13.1. The standard InChI is InChI=1S/C24H32BrClN2O4S/c1-6-28(23(29)24(3,4)5)22-13-17(2)21(14-27-22)18(15-32-12-11-25)16-33(30,31)20-9-7-19(26)8-10-20/h7-10,13-14,18H,6,11-12,15-16H2,1-5H3. The highest BCUT2D eigenvalue weighted by Gasteiger charge is 2.29. The van der Waals surface area contributed by atoms with Crippen LogP contribution in [0.1, 0.15) is 44.7 Å². The third kappa shape index (κ3) is 7.50. The fourth-order valence-electron chi connectivity index (χ4n) is 3.45. The molecule has 0 aliphatic heterocycles. The molecule has 2 aromatic rings. The second-order valence-electron chi connectivity index (χ2n) is 8.89. The topological polar surface area (TPSA) is 76.6 Å². The molecule has 0 N–H and O–H groups in total. The molecular formula is C24H32BrClN2O4S. The summed E-state index contributed by atoms with van der Waals surface area (Å²) in [6.07, 6.45) is 1.67. The Kier molecular flexibility index (Phi) is 9.91. The molecule has 182 valence electrons. The van der Waals surface area contributed by atoms with Gasteiger partial charge in [0.05, 0.1) is 23.9 Å². The first-order valence-electron chi connectivity index (χ1n) is 10.8. The molecule has 6 nitrogen and oxygen atoms in total. The SMILES string of the molecule is CCN(C(=O)C(C)(C)C)c1cc(C)c(C(COCCBr)CS(=O)(=O)c2ccc(Cl)cc2)cn1. The van der Waals surface area contributed by atoms with Crippen molar-refractivity contribution in [3.05, 3.63) is 52.7 Å². The van der Waals surface area contributed by atoms with Gasteiger partial charge in [-0.2, -0.15) is 0 Å². The molecule has 1 atom stereocenters. The van der Waals surface area contributed by atoms with Gasteiger partial charge in [0.15, 0.2) is 9.84 Å². The van der Waals surface area contributed by atoms with Crippen molar-refractivity contribution >= 4 is 49.1 Å². The maximum atomic E-state index is 13.1. The Hall–Kier alpha value is -1.48. The summed E-state index contributed by atoms with van der Waals surface area (Å²) in [6.45, 7) is 10.6. The van der Waals surface area contributed by atoms with Crippen molar-refractivity contribution in [2.24, 2.45) is 5.41 Å². The molecular weight excluding hydrogens is 528 g/mol. The number of carbonyl (C=O) groups excluding carboxylic acids is 1. The van der Waals surface area contributed by atoms with Crippen LogP contribution >= 0.6 is 27.5 Å². The zero-order valence-corrected chi connectivity index (χ0v) is 22.9. The highest BCUT2D eigenvalue weighted by molar-refractivity contribution is 9.09. The van der Waals surface area contributed by atoms with Crippen LogP contribution in [0.25, 0.3) is 0 Å². The second kappa shape index (κ2) is 11.8. The van der Waals surface area contributed by atoms with Crippen LogP contribution in [0.5, 0.6) is 0 Å². The molecule has 1 aromatic heterocycles. The van der Waals surface area contributed by atoms with Gasteiger partial charge >= 0.3 is 0 Å². The van der Waals surface area contributed by atoms with Gasteiger partial charge in [-0.3, -0.25) is 9.69 Å². The van der Waals surface area contributed by atoms with Gasteiger partial charge in [-0.05, 0) is 55.3 Å². The summed E-state index contributed by atoms with van der Waals surface area (Å²) in [4.78, 5) is 19.2. The molecule has 1 heterocycles. The Bertz CT molecular complexity index is 1050. The highest BCUT2D eigenvalue weighted by atomic mass is 79.9. The maximum absolute atomic E-state index is 13.1. The van der Waals surface area contributed by atoms with E-state index in [0.717, 1.165) is 11.1 Å². The van der Waals surface area contributed by atoms with Crippen LogP contribution in [0.3, 0.4) is 0 Å². The van der Waals surface area contributed by atoms with Crippen molar-refractivity contribution in [3.8, 4) is 0 Å². The first-order chi connectivity index (χ1) is 15.4. The predicted octanol–water partition coefficient (Wildman–Crippen LogP) is 5.41.